The van der Waals surface area contributed by atoms with E-state index in [4.69, 9.17) is 9.47 Å². The molecule has 0 aliphatic heterocycles. The van der Waals surface area contributed by atoms with E-state index >= 15 is 0 Å². The minimum atomic E-state index is -3.91. The van der Waals surface area contributed by atoms with Gasteiger partial charge in [0.25, 0.3) is 10.0 Å². The van der Waals surface area contributed by atoms with E-state index in [1.54, 1.807) is 49.6 Å². The van der Waals surface area contributed by atoms with Gasteiger partial charge in [0.2, 0.25) is 5.91 Å². The molecule has 0 aromatic heterocycles. The first kappa shape index (κ1) is 24.1. The number of nitrogens with one attached hydrogen (secondary N) is 1. The molecule has 0 unspecified atom stereocenters. The van der Waals surface area contributed by atoms with Gasteiger partial charge in [-0.2, -0.15) is 0 Å². The summed E-state index contributed by atoms with van der Waals surface area (Å²) in [5.74, 6) is 0.242. The van der Waals surface area contributed by atoms with Crippen LogP contribution in [-0.4, -0.2) is 47.2 Å². The molecule has 1 N–H and O–H groups in total. The number of methoxy groups -OCH3 is 1. The molecule has 8 heteroatoms. The van der Waals surface area contributed by atoms with E-state index in [2.05, 4.69) is 5.32 Å². The van der Waals surface area contributed by atoms with Gasteiger partial charge in [-0.25, -0.2) is 8.42 Å². The summed E-state index contributed by atoms with van der Waals surface area (Å²) < 4.78 is 38.7. The average molecular weight is 461 g/mol. The molecular formula is C24H32N2O5S. The van der Waals surface area contributed by atoms with Gasteiger partial charge in [-0.1, -0.05) is 37.5 Å². The fraction of sp³-hybridized carbons (Fsp3) is 0.458. The Morgan fingerprint density at radius 1 is 1.03 bits per heavy atom. The summed E-state index contributed by atoms with van der Waals surface area (Å²) in [7, 11) is -2.37. The molecular weight excluding hydrogens is 428 g/mol. The first-order valence-electron chi connectivity index (χ1n) is 11.1. The van der Waals surface area contributed by atoms with Crippen molar-refractivity contribution in [1.82, 2.24) is 5.32 Å². The summed E-state index contributed by atoms with van der Waals surface area (Å²) in [6.45, 7) is 0.718. The molecule has 0 heterocycles. The lowest BCUT2D eigenvalue weighted by Gasteiger charge is -2.24. The van der Waals surface area contributed by atoms with Gasteiger partial charge >= 0.3 is 0 Å². The van der Waals surface area contributed by atoms with Crippen molar-refractivity contribution in [2.45, 2.75) is 49.5 Å². The van der Waals surface area contributed by atoms with Crippen LogP contribution in [0.5, 0.6) is 5.75 Å². The van der Waals surface area contributed by atoms with E-state index in [9.17, 15) is 13.2 Å². The van der Waals surface area contributed by atoms with Gasteiger partial charge in [0.1, 0.15) is 12.3 Å². The SMILES string of the molecule is COc1ccc(N(CC(=O)NCCCOC2CCCCC2)S(=O)(=O)c2ccccc2)cc1. The highest BCUT2D eigenvalue weighted by Gasteiger charge is 2.27. The highest BCUT2D eigenvalue weighted by Crippen LogP contribution is 2.25. The fourth-order valence-electron chi connectivity index (χ4n) is 3.75. The first-order chi connectivity index (χ1) is 15.5. The Labute approximate surface area is 190 Å². The van der Waals surface area contributed by atoms with Gasteiger partial charge in [-0.15, -0.1) is 0 Å². The summed E-state index contributed by atoms with van der Waals surface area (Å²) in [6, 6.07) is 14.7. The summed E-state index contributed by atoms with van der Waals surface area (Å²) >= 11 is 0. The maximum atomic E-state index is 13.3. The van der Waals surface area contributed by atoms with Gasteiger partial charge < -0.3 is 14.8 Å². The summed E-state index contributed by atoms with van der Waals surface area (Å²) in [4.78, 5) is 12.7. The second kappa shape index (κ2) is 11.9. The number of amides is 1. The number of hydrogen-bond acceptors (Lipinski definition) is 5. The number of benzene rings is 2. The number of carbonyl (C=O) groups excluding carboxylic acids is 1. The lowest BCUT2D eigenvalue weighted by molar-refractivity contribution is -0.119. The largest absolute Gasteiger partial charge is 0.497 e. The Bertz CT molecular complexity index is 942. The van der Waals surface area contributed by atoms with E-state index in [-0.39, 0.29) is 17.3 Å². The minimum Gasteiger partial charge on any atom is -0.497 e. The molecule has 0 radical (unpaired) electrons. The van der Waals surface area contributed by atoms with Crippen molar-refractivity contribution in [1.29, 1.82) is 0 Å². The Kier molecular flexibility index (Phi) is 8.93. The first-order valence-corrected chi connectivity index (χ1v) is 12.5. The van der Waals surface area contributed by atoms with E-state index < -0.39 is 10.0 Å². The summed E-state index contributed by atoms with van der Waals surface area (Å²) in [6.07, 6.45) is 6.97. The van der Waals surface area contributed by atoms with Crippen LogP contribution >= 0.6 is 0 Å². The molecule has 2 aromatic carbocycles. The lowest BCUT2D eigenvalue weighted by atomic mass is 9.98. The van der Waals surface area contributed by atoms with E-state index in [1.165, 1.54) is 31.4 Å². The van der Waals surface area contributed by atoms with Crippen molar-refractivity contribution in [3.05, 3.63) is 54.6 Å². The number of carbonyl (C=O) groups is 1. The zero-order chi connectivity index (χ0) is 22.8. The quantitative estimate of drug-likeness (QED) is 0.516. The Morgan fingerprint density at radius 2 is 1.72 bits per heavy atom. The molecule has 1 aliphatic carbocycles. The second-order valence-corrected chi connectivity index (χ2v) is 9.72. The molecule has 0 spiro atoms. The zero-order valence-electron chi connectivity index (χ0n) is 18.5. The van der Waals surface area contributed by atoms with Gasteiger partial charge in [-0.3, -0.25) is 9.10 Å². The Morgan fingerprint density at radius 3 is 2.38 bits per heavy atom. The molecule has 1 saturated carbocycles. The third kappa shape index (κ3) is 6.71. The molecule has 174 valence electrons. The van der Waals surface area contributed by atoms with Crippen molar-refractivity contribution in [2.24, 2.45) is 0 Å². The number of hydrogen-bond donors (Lipinski definition) is 1. The van der Waals surface area contributed by atoms with E-state index in [0.717, 1.165) is 17.1 Å². The molecule has 3 rings (SSSR count). The molecule has 2 aromatic rings. The van der Waals surface area contributed by atoms with Crippen LogP contribution in [0.2, 0.25) is 0 Å². The standard InChI is InChI=1S/C24H32N2O5S/c1-30-21-15-13-20(14-16-21)26(32(28,29)23-11-6-3-7-12-23)19-24(27)25-17-8-18-31-22-9-4-2-5-10-22/h3,6-7,11-16,22H,2,4-5,8-10,17-19H2,1H3,(H,25,27). The normalized spacial score (nSPS) is 14.7. The van der Waals surface area contributed by atoms with Crippen molar-refractivity contribution in [2.75, 3.05) is 31.1 Å². The lowest BCUT2D eigenvalue weighted by Crippen LogP contribution is -2.41. The fourth-order valence-corrected chi connectivity index (χ4v) is 5.19. The number of anilines is 1. The Balaban J connectivity index is 1.61. The van der Waals surface area contributed by atoms with Gasteiger partial charge in [-0.05, 0) is 55.7 Å². The number of sulfonamides is 1. The number of rotatable bonds is 11. The van der Waals surface area contributed by atoms with Gasteiger partial charge in [0.05, 0.1) is 23.8 Å². The topological polar surface area (TPSA) is 84.9 Å². The molecule has 1 fully saturated rings. The third-order valence-corrected chi connectivity index (χ3v) is 7.32. The second-order valence-electron chi connectivity index (χ2n) is 7.86. The van der Waals surface area contributed by atoms with E-state index in [1.807, 2.05) is 0 Å². The van der Waals surface area contributed by atoms with Crippen molar-refractivity contribution >= 4 is 21.6 Å². The van der Waals surface area contributed by atoms with Crippen molar-refractivity contribution in [3.63, 3.8) is 0 Å². The molecule has 0 bridgehead atoms. The molecule has 32 heavy (non-hydrogen) atoms. The molecule has 1 amide bonds. The highest BCUT2D eigenvalue weighted by molar-refractivity contribution is 7.92. The van der Waals surface area contributed by atoms with Crippen LogP contribution in [0, 0.1) is 0 Å². The summed E-state index contributed by atoms with van der Waals surface area (Å²) in [5.41, 5.74) is 0.394. The smallest absolute Gasteiger partial charge is 0.264 e. The predicted octanol–water partition coefficient (Wildman–Crippen LogP) is 3.75. The van der Waals surface area contributed by atoms with Crippen LogP contribution in [0.15, 0.2) is 59.5 Å². The predicted molar refractivity (Wildman–Crippen MR) is 124 cm³/mol. The minimum absolute atomic E-state index is 0.129. The highest BCUT2D eigenvalue weighted by atomic mass is 32.2. The van der Waals surface area contributed by atoms with Crippen LogP contribution in [0.1, 0.15) is 38.5 Å². The molecule has 0 atom stereocenters. The third-order valence-electron chi connectivity index (χ3n) is 5.53. The van der Waals surface area contributed by atoms with Crippen molar-refractivity contribution < 1.29 is 22.7 Å². The average Bonchev–Trinajstić information content (AvgIpc) is 2.83. The molecule has 7 nitrogen and oxygen atoms in total. The van der Waals surface area contributed by atoms with Crippen LogP contribution in [0.3, 0.4) is 0 Å². The summed E-state index contributed by atoms with van der Waals surface area (Å²) in [5, 5.41) is 2.82. The van der Waals surface area contributed by atoms with E-state index in [0.29, 0.717) is 37.1 Å². The Hall–Kier alpha value is -2.58. The maximum Gasteiger partial charge on any atom is 0.264 e. The number of ether oxygens (including phenoxy) is 2. The molecule has 1 aliphatic rings. The van der Waals surface area contributed by atoms with Crippen LogP contribution < -0.4 is 14.4 Å². The van der Waals surface area contributed by atoms with Gasteiger partial charge in [0.15, 0.2) is 0 Å². The number of nitrogens with zero attached hydrogens (tertiary/aromatic N) is 1. The van der Waals surface area contributed by atoms with Crippen LogP contribution in [0.4, 0.5) is 5.69 Å². The zero-order valence-corrected chi connectivity index (χ0v) is 19.4. The monoisotopic (exact) mass is 460 g/mol. The maximum absolute atomic E-state index is 13.3. The van der Waals surface area contributed by atoms with Crippen molar-refractivity contribution in [3.8, 4) is 5.75 Å². The van der Waals surface area contributed by atoms with Crippen LogP contribution in [0.25, 0.3) is 0 Å². The van der Waals surface area contributed by atoms with Crippen LogP contribution in [-0.2, 0) is 19.6 Å². The molecule has 0 saturated heterocycles. The van der Waals surface area contributed by atoms with Gasteiger partial charge in [0, 0.05) is 13.2 Å².